The van der Waals surface area contributed by atoms with Crippen LogP contribution in [0.4, 0.5) is 0 Å². The minimum atomic E-state index is -0.0392. The largest absolute Gasteiger partial charge is 0.304 e. The smallest absolute Gasteiger partial charge is 0.259 e. The molecule has 0 aromatic heterocycles. The molecule has 1 amide bonds. The Hall–Kier alpha value is -2.40. The Morgan fingerprint density at radius 1 is 0.840 bits per heavy atom. The van der Waals surface area contributed by atoms with Crippen molar-refractivity contribution in [2.24, 2.45) is 0 Å². The second-order valence-electron chi connectivity index (χ2n) is 5.67. The quantitative estimate of drug-likeness (QED) is 0.474. The summed E-state index contributed by atoms with van der Waals surface area (Å²) in [5.41, 5.74) is 3.40. The van der Waals surface area contributed by atoms with Crippen molar-refractivity contribution in [3.8, 4) is 0 Å². The van der Waals surface area contributed by atoms with E-state index in [1.54, 1.807) is 4.90 Å². The Bertz CT molecular complexity index is 875. The van der Waals surface area contributed by atoms with Gasteiger partial charge in [-0.25, -0.2) is 0 Å². The van der Waals surface area contributed by atoms with Crippen LogP contribution in [0.25, 0.3) is 5.70 Å². The van der Waals surface area contributed by atoms with Gasteiger partial charge in [-0.15, -0.1) is 0 Å². The van der Waals surface area contributed by atoms with Gasteiger partial charge in [-0.05, 0) is 45.9 Å². The molecule has 25 heavy (non-hydrogen) atoms. The number of amides is 1. The van der Waals surface area contributed by atoms with E-state index in [1.165, 1.54) is 0 Å². The van der Waals surface area contributed by atoms with E-state index in [9.17, 15) is 4.79 Å². The molecule has 0 aliphatic rings. The van der Waals surface area contributed by atoms with Crippen LogP contribution in [0.2, 0.25) is 0 Å². The van der Waals surface area contributed by atoms with E-state index >= 15 is 0 Å². The standard InChI is InChI=1S/C22H18INO/c1-17(19-12-6-3-7-13-19)24(16-18-10-4-2-5-11-18)22(25)20-14-8-9-15-21(20)23/h2-15H,1,16H2. The molecule has 3 aromatic rings. The first kappa shape index (κ1) is 17.4. The highest BCUT2D eigenvalue weighted by molar-refractivity contribution is 14.1. The van der Waals surface area contributed by atoms with E-state index in [-0.39, 0.29) is 5.91 Å². The van der Waals surface area contributed by atoms with Gasteiger partial charge < -0.3 is 4.90 Å². The molecule has 0 saturated carbocycles. The van der Waals surface area contributed by atoms with Crippen molar-refractivity contribution in [3.05, 3.63) is 112 Å². The topological polar surface area (TPSA) is 20.3 Å². The predicted molar refractivity (Wildman–Crippen MR) is 111 cm³/mol. The fourth-order valence-corrected chi connectivity index (χ4v) is 3.24. The van der Waals surface area contributed by atoms with Crippen LogP contribution in [-0.4, -0.2) is 10.8 Å². The van der Waals surface area contributed by atoms with Crippen LogP contribution in [0, 0.1) is 3.57 Å². The SMILES string of the molecule is C=C(c1ccccc1)N(Cc1ccccc1)C(=O)c1ccccc1I. The van der Waals surface area contributed by atoms with Crippen LogP contribution in [-0.2, 0) is 6.54 Å². The van der Waals surface area contributed by atoms with Crippen molar-refractivity contribution in [2.75, 3.05) is 0 Å². The number of nitrogens with zero attached hydrogens (tertiary/aromatic N) is 1. The molecule has 0 aliphatic heterocycles. The third kappa shape index (κ3) is 4.17. The normalized spacial score (nSPS) is 10.3. The van der Waals surface area contributed by atoms with Gasteiger partial charge in [0.05, 0.1) is 12.1 Å². The van der Waals surface area contributed by atoms with Gasteiger partial charge in [-0.2, -0.15) is 0 Å². The van der Waals surface area contributed by atoms with Gasteiger partial charge >= 0.3 is 0 Å². The van der Waals surface area contributed by atoms with Crippen molar-refractivity contribution in [3.63, 3.8) is 0 Å². The van der Waals surface area contributed by atoms with E-state index in [2.05, 4.69) is 29.2 Å². The van der Waals surface area contributed by atoms with Gasteiger partial charge in [0.25, 0.3) is 5.91 Å². The molecule has 0 fully saturated rings. The first-order chi connectivity index (χ1) is 12.2. The molecule has 0 radical (unpaired) electrons. The van der Waals surface area contributed by atoms with E-state index in [0.717, 1.165) is 14.7 Å². The van der Waals surface area contributed by atoms with Gasteiger partial charge in [-0.3, -0.25) is 4.79 Å². The molecule has 0 bridgehead atoms. The minimum absolute atomic E-state index is 0.0392. The zero-order valence-electron chi connectivity index (χ0n) is 13.7. The van der Waals surface area contributed by atoms with Gasteiger partial charge in [0.15, 0.2) is 0 Å². The lowest BCUT2D eigenvalue weighted by atomic mass is 10.1. The Morgan fingerprint density at radius 3 is 2.04 bits per heavy atom. The number of rotatable bonds is 5. The average molecular weight is 439 g/mol. The highest BCUT2D eigenvalue weighted by atomic mass is 127. The Morgan fingerprint density at radius 2 is 1.40 bits per heavy atom. The summed E-state index contributed by atoms with van der Waals surface area (Å²) in [6.07, 6.45) is 0. The van der Waals surface area contributed by atoms with E-state index in [0.29, 0.717) is 17.8 Å². The molecule has 2 nitrogen and oxygen atoms in total. The summed E-state index contributed by atoms with van der Waals surface area (Å²) in [6.45, 7) is 4.68. The van der Waals surface area contributed by atoms with E-state index in [1.807, 2.05) is 84.9 Å². The number of hydrogen-bond acceptors (Lipinski definition) is 1. The van der Waals surface area contributed by atoms with Crippen LogP contribution in [0.3, 0.4) is 0 Å². The Balaban J connectivity index is 1.98. The number of benzene rings is 3. The van der Waals surface area contributed by atoms with Crippen LogP contribution < -0.4 is 0 Å². The number of hydrogen-bond donors (Lipinski definition) is 0. The number of carbonyl (C=O) groups excluding carboxylic acids is 1. The summed E-state index contributed by atoms with van der Waals surface area (Å²) >= 11 is 2.20. The Kier molecular flexibility index (Phi) is 5.66. The molecule has 3 heteroatoms. The fourth-order valence-electron chi connectivity index (χ4n) is 2.62. The van der Waals surface area contributed by atoms with Crippen molar-refractivity contribution in [1.29, 1.82) is 0 Å². The van der Waals surface area contributed by atoms with Crippen molar-refractivity contribution >= 4 is 34.2 Å². The number of carbonyl (C=O) groups is 1. The molecule has 3 aromatic carbocycles. The number of halogens is 1. The van der Waals surface area contributed by atoms with Gasteiger partial charge in [0, 0.05) is 9.27 Å². The summed E-state index contributed by atoms with van der Waals surface area (Å²) in [6, 6.07) is 27.4. The maximum absolute atomic E-state index is 13.2. The molecule has 0 spiro atoms. The maximum Gasteiger partial charge on any atom is 0.259 e. The lowest BCUT2D eigenvalue weighted by molar-refractivity contribution is 0.0827. The van der Waals surface area contributed by atoms with E-state index in [4.69, 9.17) is 0 Å². The lowest BCUT2D eigenvalue weighted by Gasteiger charge is -2.26. The van der Waals surface area contributed by atoms with Crippen molar-refractivity contribution in [1.82, 2.24) is 4.90 Å². The summed E-state index contributed by atoms with van der Waals surface area (Å²) in [5.74, 6) is -0.0392. The minimum Gasteiger partial charge on any atom is -0.304 e. The average Bonchev–Trinajstić information content (AvgIpc) is 2.67. The molecule has 0 atom stereocenters. The molecule has 0 unspecified atom stereocenters. The lowest BCUT2D eigenvalue weighted by Crippen LogP contribution is -2.29. The molecule has 0 aliphatic carbocycles. The monoisotopic (exact) mass is 439 g/mol. The summed E-state index contributed by atoms with van der Waals surface area (Å²) in [7, 11) is 0. The van der Waals surface area contributed by atoms with Gasteiger partial charge in [0.1, 0.15) is 0 Å². The molecular weight excluding hydrogens is 421 g/mol. The van der Waals surface area contributed by atoms with Crippen molar-refractivity contribution < 1.29 is 4.79 Å². The van der Waals surface area contributed by atoms with Crippen LogP contribution in [0.1, 0.15) is 21.5 Å². The first-order valence-electron chi connectivity index (χ1n) is 8.01. The van der Waals surface area contributed by atoms with Crippen LogP contribution in [0.15, 0.2) is 91.5 Å². The molecule has 124 valence electrons. The van der Waals surface area contributed by atoms with Crippen LogP contribution >= 0.6 is 22.6 Å². The predicted octanol–water partition coefficient (Wildman–Crippen LogP) is 5.60. The second kappa shape index (κ2) is 8.12. The molecular formula is C22H18INO. The molecule has 0 saturated heterocycles. The molecule has 3 rings (SSSR count). The summed E-state index contributed by atoms with van der Waals surface area (Å²) in [4.78, 5) is 15.0. The van der Waals surface area contributed by atoms with Gasteiger partial charge in [0.2, 0.25) is 0 Å². The molecule has 0 heterocycles. The molecule has 0 N–H and O–H groups in total. The first-order valence-corrected chi connectivity index (χ1v) is 9.09. The van der Waals surface area contributed by atoms with Crippen LogP contribution in [0.5, 0.6) is 0 Å². The van der Waals surface area contributed by atoms with E-state index < -0.39 is 0 Å². The third-order valence-corrected chi connectivity index (χ3v) is 4.91. The summed E-state index contributed by atoms with van der Waals surface area (Å²) in [5, 5.41) is 0. The second-order valence-corrected chi connectivity index (χ2v) is 6.83. The maximum atomic E-state index is 13.2. The third-order valence-electron chi connectivity index (χ3n) is 3.97. The zero-order valence-corrected chi connectivity index (χ0v) is 15.9. The fraction of sp³-hybridized carbons (Fsp3) is 0.0455. The zero-order chi connectivity index (χ0) is 17.6. The highest BCUT2D eigenvalue weighted by Gasteiger charge is 2.21. The summed E-state index contributed by atoms with van der Waals surface area (Å²) < 4.78 is 0.934. The highest BCUT2D eigenvalue weighted by Crippen LogP contribution is 2.24. The van der Waals surface area contributed by atoms with Gasteiger partial charge in [-0.1, -0.05) is 79.4 Å². The van der Waals surface area contributed by atoms with Crippen molar-refractivity contribution in [2.45, 2.75) is 6.54 Å². The Labute approximate surface area is 161 Å².